The minimum atomic E-state index is -0.139. The van der Waals surface area contributed by atoms with Gasteiger partial charge in [0.2, 0.25) is 23.5 Å². The van der Waals surface area contributed by atoms with Gasteiger partial charge in [-0.1, -0.05) is 5.16 Å². The maximum Gasteiger partial charge on any atom is 0.226 e. The molecule has 2 heterocycles. The Labute approximate surface area is 156 Å². The second kappa shape index (κ2) is 8.70. The lowest BCUT2D eigenvalue weighted by Crippen LogP contribution is -2.11. The molecule has 27 heavy (non-hydrogen) atoms. The number of hydrogen-bond donors (Lipinski definition) is 2. The molecule has 138 valence electrons. The fraction of sp³-hybridized carbons (Fsp3) is 0.211. The van der Waals surface area contributed by atoms with Gasteiger partial charge in [-0.2, -0.15) is 4.98 Å². The lowest BCUT2D eigenvalue weighted by atomic mass is 10.2. The number of benzene rings is 1. The minimum absolute atomic E-state index is 0.103. The van der Waals surface area contributed by atoms with Gasteiger partial charge in [-0.3, -0.25) is 14.6 Å². The summed E-state index contributed by atoms with van der Waals surface area (Å²) in [5, 5.41) is 9.41. The molecule has 2 N–H and O–H groups in total. The zero-order chi connectivity index (χ0) is 19.1. The second-order valence-electron chi connectivity index (χ2n) is 5.91. The fourth-order valence-corrected chi connectivity index (χ4v) is 2.43. The molecule has 0 saturated heterocycles. The normalized spacial score (nSPS) is 10.4. The van der Waals surface area contributed by atoms with E-state index in [1.165, 1.54) is 6.92 Å². The van der Waals surface area contributed by atoms with E-state index in [4.69, 9.17) is 4.52 Å². The highest BCUT2D eigenvalue weighted by atomic mass is 16.5. The highest BCUT2D eigenvalue weighted by Gasteiger charge is 2.10. The van der Waals surface area contributed by atoms with Crippen molar-refractivity contribution in [2.24, 2.45) is 0 Å². The number of aromatic nitrogens is 3. The number of carbonyl (C=O) groups excluding carboxylic acids is 2. The Morgan fingerprint density at radius 3 is 2.48 bits per heavy atom. The molecular formula is C19H19N5O3. The predicted octanol–water partition coefficient (Wildman–Crippen LogP) is 3.05. The van der Waals surface area contributed by atoms with Gasteiger partial charge in [0.15, 0.2) is 0 Å². The van der Waals surface area contributed by atoms with Crippen molar-refractivity contribution in [3.05, 3.63) is 54.7 Å². The molecule has 0 bridgehead atoms. The molecule has 3 aromatic rings. The number of rotatable bonds is 7. The number of anilines is 2. The molecule has 2 aromatic heterocycles. The van der Waals surface area contributed by atoms with Crippen LogP contribution in [0.5, 0.6) is 0 Å². The van der Waals surface area contributed by atoms with Crippen LogP contribution in [0.1, 0.15) is 25.7 Å². The van der Waals surface area contributed by atoms with Crippen molar-refractivity contribution in [1.29, 1.82) is 0 Å². The summed E-state index contributed by atoms with van der Waals surface area (Å²) in [4.78, 5) is 31.4. The van der Waals surface area contributed by atoms with Gasteiger partial charge in [0, 0.05) is 49.1 Å². The van der Waals surface area contributed by atoms with Crippen LogP contribution < -0.4 is 10.6 Å². The largest absolute Gasteiger partial charge is 0.339 e. The lowest BCUT2D eigenvalue weighted by Gasteiger charge is -2.06. The highest BCUT2D eigenvalue weighted by molar-refractivity contribution is 5.92. The Hall–Kier alpha value is -3.55. The quantitative estimate of drug-likeness (QED) is 0.666. The Kier molecular flexibility index (Phi) is 5.88. The van der Waals surface area contributed by atoms with Crippen LogP contribution in [0.25, 0.3) is 11.4 Å². The van der Waals surface area contributed by atoms with Gasteiger partial charge in [0.1, 0.15) is 0 Å². The van der Waals surface area contributed by atoms with Crippen LogP contribution in [0, 0.1) is 0 Å². The standard InChI is InChI=1S/C19H19N5O3/c1-13(25)21-15-7-9-16(10-8-15)22-17(26)5-2-6-18-23-19(24-27-18)14-4-3-11-20-12-14/h3-4,7-12H,2,5-6H2,1H3,(H,21,25)(H,22,26). The molecule has 2 amide bonds. The summed E-state index contributed by atoms with van der Waals surface area (Å²) in [5.41, 5.74) is 2.14. The molecule has 0 fully saturated rings. The Morgan fingerprint density at radius 1 is 1.07 bits per heavy atom. The van der Waals surface area contributed by atoms with E-state index in [9.17, 15) is 9.59 Å². The number of hydrogen-bond acceptors (Lipinski definition) is 6. The van der Waals surface area contributed by atoms with Crippen molar-refractivity contribution in [3.8, 4) is 11.4 Å². The predicted molar refractivity (Wildman–Crippen MR) is 99.8 cm³/mol. The van der Waals surface area contributed by atoms with Crippen molar-refractivity contribution in [3.63, 3.8) is 0 Å². The summed E-state index contributed by atoms with van der Waals surface area (Å²) in [5.74, 6) is 0.733. The van der Waals surface area contributed by atoms with E-state index in [1.807, 2.05) is 6.07 Å². The Balaban J connectivity index is 1.44. The van der Waals surface area contributed by atoms with E-state index in [0.717, 1.165) is 5.56 Å². The van der Waals surface area contributed by atoms with Gasteiger partial charge < -0.3 is 15.2 Å². The topological polar surface area (TPSA) is 110 Å². The van der Waals surface area contributed by atoms with Gasteiger partial charge in [-0.05, 0) is 42.8 Å². The van der Waals surface area contributed by atoms with Crippen molar-refractivity contribution in [1.82, 2.24) is 15.1 Å². The van der Waals surface area contributed by atoms with Crippen molar-refractivity contribution in [2.75, 3.05) is 10.6 Å². The average molecular weight is 365 g/mol. The number of pyridine rings is 1. The van der Waals surface area contributed by atoms with Gasteiger partial charge in [-0.25, -0.2) is 0 Å². The molecule has 8 heteroatoms. The van der Waals surface area contributed by atoms with Crippen LogP contribution in [0.2, 0.25) is 0 Å². The molecule has 0 unspecified atom stereocenters. The first-order valence-electron chi connectivity index (χ1n) is 8.50. The molecular weight excluding hydrogens is 346 g/mol. The first-order chi connectivity index (χ1) is 13.1. The lowest BCUT2D eigenvalue weighted by molar-refractivity contribution is -0.116. The zero-order valence-electron chi connectivity index (χ0n) is 14.8. The van der Waals surface area contributed by atoms with Gasteiger partial charge >= 0.3 is 0 Å². The summed E-state index contributed by atoms with van der Waals surface area (Å²) in [7, 11) is 0. The summed E-state index contributed by atoms with van der Waals surface area (Å²) in [6.45, 7) is 1.44. The molecule has 3 rings (SSSR count). The summed E-state index contributed by atoms with van der Waals surface area (Å²) in [6.07, 6.45) is 4.78. The first kappa shape index (κ1) is 18.2. The molecule has 8 nitrogen and oxygen atoms in total. The van der Waals surface area contributed by atoms with E-state index < -0.39 is 0 Å². The van der Waals surface area contributed by atoms with Crippen LogP contribution in [0.4, 0.5) is 11.4 Å². The Morgan fingerprint density at radius 2 is 1.81 bits per heavy atom. The van der Waals surface area contributed by atoms with Gasteiger partial charge in [0.05, 0.1) is 0 Å². The Bertz CT molecular complexity index is 907. The minimum Gasteiger partial charge on any atom is -0.339 e. The number of carbonyl (C=O) groups is 2. The maximum atomic E-state index is 12.0. The SMILES string of the molecule is CC(=O)Nc1ccc(NC(=O)CCCc2nc(-c3cccnc3)no2)cc1. The van der Waals surface area contributed by atoms with Crippen LogP contribution >= 0.6 is 0 Å². The second-order valence-corrected chi connectivity index (χ2v) is 5.91. The molecule has 0 saturated carbocycles. The zero-order valence-corrected chi connectivity index (χ0v) is 14.8. The third-order valence-corrected chi connectivity index (χ3v) is 3.67. The third-order valence-electron chi connectivity index (χ3n) is 3.67. The van der Waals surface area contributed by atoms with Gasteiger partial charge in [-0.15, -0.1) is 0 Å². The summed E-state index contributed by atoms with van der Waals surface area (Å²) >= 11 is 0. The number of nitrogens with one attached hydrogen (secondary N) is 2. The van der Waals surface area contributed by atoms with E-state index in [1.54, 1.807) is 42.7 Å². The van der Waals surface area contributed by atoms with Crippen LogP contribution in [-0.2, 0) is 16.0 Å². The number of aryl methyl sites for hydroxylation is 1. The summed E-state index contributed by atoms with van der Waals surface area (Å²) in [6, 6.07) is 10.6. The van der Waals surface area contributed by atoms with E-state index in [0.29, 0.717) is 42.4 Å². The van der Waals surface area contributed by atoms with Crippen LogP contribution in [0.15, 0.2) is 53.3 Å². The fourth-order valence-electron chi connectivity index (χ4n) is 2.43. The molecule has 0 aliphatic heterocycles. The molecule has 0 aliphatic carbocycles. The van der Waals surface area contributed by atoms with E-state index in [-0.39, 0.29) is 11.8 Å². The maximum absolute atomic E-state index is 12.0. The molecule has 1 aromatic carbocycles. The van der Waals surface area contributed by atoms with Gasteiger partial charge in [0.25, 0.3) is 0 Å². The molecule has 0 spiro atoms. The van der Waals surface area contributed by atoms with Crippen LogP contribution in [-0.4, -0.2) is 26.9 Å². The monoisotopic (exact) mass is 365 g/mol. The third kappa shape index (κ3) is 5.46. The van der Waals surface area contributed by atoms with Crippen LogP contribution in [0.3, 0.4) is 0 Å². The molecule has 0 aliphatic rings. The number of amides is 2. The number of nitrogens with zero attached hydrogens (tertiary/aromatic N) is 3. The smallest absolute Gasteiger partial charge is 0.226 e. The molecule has 0 radical (unpaired) electrons. The summed E-state index contributed by atoms with van der Waals surface area (Å²) < 4.78 is 5.21. The van der Waals surface area contributed by atoms with Crippen molar-refractivity contribution in [2.45, 2.75) is 26.2 Å². The average Bonchev–Trinajstić information content (AvgIpc) is 3.13. The highest BCUT2D eigenvalue weighted by Crippen LogP contribution is 2.16. The van der Waals surface area contributed by atoms with Crippen molar-refractivity contribution < 1.29 is 14.1 Å². The van der Waals surface area contributed by atoms with Crippen molar-refractivity contribution >= 4 is 23.2 Å². The molecule has 0 atom stereocenters. The van der Waals surface area contributed by atoms with E-state index >= 15 is 0 Å². The van der Waals surface area contributed by atoms with E-state index in [2.05, 4.69) is 25.8 Å². The first-order valence-corrected chi connectivity index (χ1v) is 8.50.